The molecule has 1 aromatic rings. The van der Waals surface area contributed by atoms with Crippen LogP contribution in [-0.2, 0) is 24.1 Å². The first-order chi connectivity index (χ1) is 12.8. The van der Waals surface area contributed by atoms with Crippen molar-refractivity contribution in [1.82, 2.24) is 4.90 Å². The molecule has 7 nitrogen and oxygen atoms in total. The maximum absolute atomic E-state index is 12.6. The van der Waals surface area contributed by atoms with Crippen LogP contribution in [-0.4, -0.2) is 69.5 Å². The van der Waals surface area contributed by atoms with Crippen molar-refractivity contribution >= 4 is 21.4 Å². The van der Waals surface area contributed by atoms with Gasteiger partial charge >= 0.3 is 0 Å². The van der Waals surface area contributed by atoms with E-state index in [9.17, 15) is 13.2 Å². The number of benzene rings is 1. The van der Waals surface area contributed by atoms with E-state index >= 15 is 0 Å². The van der Waals surface area contributed by atoms with Gasteiger partial charge < -0.3 is 14.8 Å². The molecule has 3 rings (SSSR count). The molecule has 2 aliphatic heterocycles. The molecule has 2 saturated heterocycles. The largest absolute Gasteiger partial charge is 0.375 e. The minimum Gasteiger partial charge on any atom is -0.375 e. The van der Waals surface area contributed by atoms with Crippen LogP contribution in [0.25, 0.3) is 0 Å². The third-order valence-corrected chi connectivity index (χ3v) is 7.16. The van der Waals surface area contributed by atoms with Crippen LogP contribution in [0.5, 0.6) is 0 Å². The number of morpholine rings is 1. The Balaban J connectivity index is 1.52. The van der Waals surface area contributed by atoms with Gasteiger partial charge in [-0.25, -0.2) is 8.42 Å². The Morgan fingerprint density at radius 2 is 2.04 bits per heavy atom. The molecule has 0 radical (unpaired) electrons. The van der Waals surface area contributed by atoms with E-state index in [1.807, 2.05) is 6.92 Å². The molecule has 8 heteroatoms. The fourth-order valence-corrected chi connectivity index (χ4v) is 5.07. The number of nitrogens with zero attached hydrogens (tertiary/aromatic N) is 1. The summed E-state index contributed by atoms with van der Waals surface area (Å²) in [6.07, 6.45) is 1.54. The second-order valence-electron chi connectivity index (χ2n) is 7.33. The lowest BCUT2D eigenvalue weighted by Gasteiger charge is -2.42. The SMILES string of the molecule is CC(=O)Nc1ccc(S(=O)(=O)CCCN2CCO[C@@]3(CCO[C@@H]3C)C2)cc1. The number of carbonyl (C=O) groups is 1. The zero-order valence-corrected chi connectivity index (χ0v) is 16.8. The lowest BCUT2D eigenvalue weighted by atomic mass is 9.94. The molecule has 1 spiro atoms. The first kappa shape index (κ1) is 20.3. The molecule has 2 atom stereocenters. The number of ether oxygens (including phenoxy) is 2. The summed E-state index contributed by atoms with van der Waals surface area (Å²) in [4.78, 5) is 13.6. The normalized spacial score (nSPS) is 26.4. The van der Waals surface area contributed by atoms with Crippen molar-refractivity contribution in [3.63, 3.8) is 0 Å². The molecule has 0 unspecified atom stereocenters. The highest BCUT2D eigenvalue weighted by Gasteiger charge is 2.45. The van der Waals surface area contributed by atoms with E-state index in [4.69, 9.17) is 9.47 Å². The van der Waals surface area contributed by atoms with Crippen LogP contribution in [0.1, 0.15) is 26.7 Å². The van der Waals surface area contributed by atoms with Crippen molar-refractivity contribution in [1.29, 1.82) is 0 Å². The highest BCUT2D eigenvalue weighted by atomic mass is 32.2. The Morgan fingerprint density at radius 1 is 1.30 bits per heavy atom. The highest BCUT2D eigenvalue weighted by Crippen LogP contribution is 2.33. The van der Waals surface area contributed by atoms with Crippen molar-refractivity contribution in [2.75, 3.05) is 43.9 Å². The number of amides is 1. The summed E-state index contributed by atoms with van der Waals surface area (Å²) in [5.41, 5.74) is 0.351. The first-order valence-corrected chi connectivity index (χ1v) is 11.0. The topological polar surface area (TPSA) is 84.9 Å². The Labute approximate surface area is 160 Å². The van der Waals surface area contributed by atoms with E-state index in [0.717, 1.165) is 32.7 Å². The quantitative estimate of drug-likeness (QED) is 0.788. The lowest BCUT2D eigenvalue weighted by molar-refractivity contribution is -0.135. The van der Waals surface area contributed by atoms with Crippen LogP contribution in [0.2, 0.25) is 0 Å². The molecular weight excluding hydrogens is 368 g/mol. The molecule has 150 valence electrons. The van der Waals surface area contributed by atoms with Crippen molar-refractivity contribution in [3.8, 4) is 0 Å². The minimum atomic E-state index is -3.34. The Kier molecular flexibility index (Phi) is 6.20. The van der Waals surface area contributed by atoms with E-state index in [1.54, 1.807) is 24.3 Å². The Hall–Kier alpha value is -1.48. The highest BCUT2D eigenvalue weighted by molar-refractivity contribution is 7.91. The molecular formula is C19H28N2O5S. The van der Waals surface area contributed by atoms with Crippen LogP contribution in [0.3, 0.4) is 0 Å². The van der Waals surface area contributed by atoms with Crippen molar-refractivity contribution in [2.45, 2.75) is 43.3 Å². The van der Waals surface area contributed by atoms with Gasteiger partial charge in [-0.05, 0) is 44.2 Å². The maximum atomic E-state index is 12.6. The van der Waals surface area contributed by atoms with Gasteiger partial charge in [-0.2, -0.15) is 0 Å². The minimum absolute atomic E-state index is 0.0751. The van der Waals surface area contributed by atoms with E-state index in [-0.39, 0.29) is 28.3 Å². The van der Waals surface area contributed by atoms with Crippen LogP contribution in [0.4, 0.5) is 5.69 Å². The molecule has 1 aromatic carbocycles. The number of rotatable bonds is 6. The zero-order valence-electron chi connectivity index (χ0n) is 15.9. The average molecular weight is 397 g/mol. The molecule has 0 saturated carbocycles. The van der Waals surface area contributed by atoms with E-state index < -0.39 is 9.84 Å². The molecule has 1 N–H and O–H groups in total. The molecule has 0 bridgehead atoms. The third-order valence-electron chi connectivity index (χ3n) is 5.34. The lowest BCUT2D eigenvalue weighted by Crippen LogP contribution is -2.55. The second-order valence-corrected chi connectivity index (χ2v) is 9.44. The standard InChI is InChI=1S/C19H28N2O5S/c1-15-19(8-11-25-15)14-21(10-12-26-19)9-3-13-27(23,24)18-6-4-17(5-7-18)20-16(2)22/h4-7,15H,3,8-14H2,1-2H3,(H,20,22)/t15-,19+/m1/s1. The monoisotopic (exact) mass is 396 g/mol. The number of anilines is 1. The van der Waals surface area contributed by atoms with Crippen LogP contribution in [0, 0.1) is 0 Å². The van der Waals surface area contributed by atoms with Gasteiger partial charge in [-0.1, -0.05) is 0 Å². The molecule has 2 fully saturated rings. The van der Waals surface area contributed by atoms with Gasteiger partial charge in [0, 0.05) is 38.7 Å². The van der Waals surface area contributed by atoms with Gasteiger partial charge in [0.05, 0.1) is 23.4 Å². The van der Waals surface area contributed by atoms with Crippen molar-refractivity contribution in [2.24, 2.45) is 0 Å². The molecule has 2 heterocycles. The fourth-order valence-electron chi connectivity index (χ4n) is 3.78. The summed E-state index contributed by atoms with van der Waals surface area (Å²) < 4.78 is 36.8. The predicted molar refractivity (Wildman–Crippen MR) is 103 cm³/mol. The number of carbonyl (C=O) groups excluding carboxylic acids is 1. The van der Waals surface area contributed by atoms with Gasteiger partial charge in [-0.15, -0.1) is 0 Å². The summed E-state index contributed by atoms with van der Waals surface area (Å²) in [5.74, 6) is -0.0843. The third kappa shape index (κ3) is 4.87. The number of sulfone groups is 1. The Morgan fingerprint density at radius 3 is 2.67 bits per heavy atom. The number of nitrogens with one attached hydrogen (secondary N) is 1. The molecule has 27 heavy (non-hydrogen) atoms. The zero-order chi connectivity index (χ0) is 19.5. The number of hydrogen-bond donors (Lipinski definition) is 1. The van der Waals surface area contributed by atoms with E-state index in [1.165, 1.54) is 6.92 Å². The number of hydrogen-bond acceptors (Lipinski definition) is 6. The molecule has 0 aromatic heterocycles. The summed E-state index contributed by atoms with van der Waals surface area (Å²) in [5, 5.41) is 2.63. The van der Waals surface area contributed by atoms with E-state index in [0.29, 0.717) is 18.7 Å². The van der Waals surface area contributed by atoms with Gasteiger partial charge in [-0.3, -0.25) is 9.69 Å². The van der Waals surface area contributed by atoms with Gasteiger partial charge in [0.25, 0.3) is 0 Å². The van der Waals surface area contributed by atoms with Crippen LogP contribution in [0.15, 0.2) is 29.2 Å². The fraction of sp³-hybridized carbons (Fsp3) is 0.632. The van der Waals surface area contributed by atoms with Crippen LogP contribution < -0.4 is 5.32 Å². The van der Waals surface area contributed by atoms with Gasteiger partial charge in [0.15, 0.2) is 9.84 Å². The Bertz CT molecular complexity index is 765. The molecule has 0 aliphatic carbocycles. The van der Waals surface area contributed by atoms with Gasteiger partial charge in [0.1, 0.15) is 5.60 Å². The van der Waals surface area contributed by atoms with Crippen LogP contribution >= 0.6 is 0 Å². The second kappa shape index (κ2) is 8.26. The average Bonchev–Trinajstić information content (AvgIpc) is 2.94. The van der Waals surface area contributed by atoms with Crippen molar-refractivity contribution < 1.29 is 22.7 Å². The van der Waals surface area contributed by atoms with Gasteiger partial charge in [0.2, 0.25) is 5.91 Å². The predicted octanol–water partition coefficient (Wildman–Crippen LogP) is 1.69. The van der Waals surface area contributed by atoms with E-state index in [2.05, 4.69) is 10.2 Å². The summed E-state index contributed by atoms with van der Waals surface area (Å²) in [6, 6.07) is 6.31. The molecule has 1 amide bonds. The maximum Gasteiger partial charge on any atom is 0.221 e. The summed E-state index contributed by atoms with van der Waals surface area (Å²) in [6.45, 7) is 7.17. The van der Waals surface area contributed by atoms with Crippen molar-refractivity contribution in [3.05, 3.63) is 24.3 Å². The first-order valence-electron chi connectivity index (χ1n) is 9.39. The smallest absolute Gasteiger partial charge is 0.221 e. The summed E-state index contributed by atoms with van der Waals surface area (Å²) in [7, 11) is -3.34. The molecule has 2 aliphatic rings. The summed E-state index contributed by atoms with van der Waals surface area (Å²) >= 11 is 0.